The summed E-state index contributed by atoms with van der Waals surface area (Å²) in [5.41, 5.74) is 1.03. The van der Waals surface area contributed by atoms with Crippen molar-refractivity contribution in [3.05, 3.63) is 18.1 Å². The summed E-state index contributed by atoms with van der Waals surface area (Å²) in [5.74, 6) is 1.42. The molecular formula is C16H24N4OS. The zero-order chi connectivity index (χ0) is 15.7. The number of carbonyl (C=O) groups is 1. The minimum Gasteiger partial charge on any atom is -0.367 e. The van der Waals surface area contributed by atoms with Gasteiger partial charge in [0.25, 0.3) is 0 Å². The molecule has 3 rings (SSSR count). The van der Waals surface area contributed by atoms with Gasteiger partial charge in [-0.3, -0.25) is 4.79 Å². The van der Waals surface area contributed by atoms with Crippen LogP contribution in [0.4, 0.5) is 5.82 Å². The Balaban J connectivity index is 1.54. The average Bonchev–Trinajstić information content (AvgIpc) is 2.40. The first kappa shape index (κ1) is 15.6. The van der Waals surface area contributed by atoms with E-state index in [1.165, 1.54) is 0 Å². The number of rotatable bonds is 5. The van der Waals surface area contributed by atoms with Crippen molar-refractivity contribution in [3.63, 3.8) is 0 Å². The van der Waals surface area contributed by atoms with E-state index in [1.54, 1.807) is 18.1 Å². The molecule has 22 heavy (non-hydrogen) atoms. The molecule has 5 nitrogen and oxygen atoms in total. The predicted octanol–water partition coefficient (Wildman–Crippen LogP) is 2.50. The van der Waals surface area contributed by atoms with Crippen LogP contribution in [0.5, 0.6) is 0 Å². The normalized spacial score (nSPS) is 24.4. The SMILES string of the molecule is CSC(C)(C)c1cc(NC2CC(C(=O)N3CCC3)C2)ncn1. The van der Waals surface area contributed by atoms with Crippen LogP contribution < -0.4 is 5.32 Å². The van der Waals surface area contributed by atoms with Crippen molar-refractivity contribution in [1.82, 2.24) is 14.9 Å². The molecule has 0 spiro atoms. The van der Waals surface area contributed by atoms with E-state index in [4.69, 9.17) is 0 Å². The van der Waals surface area contributed by atoms with Gasteiger partial charge in [-0.05, 0) is 39.4 Å². The van der Waals surface area contributed by atoms with Crippen LogP contribution in [0.2, 0.25) is 0 Å². The third kappa shape index (κ3) is 3.07. The van der Waals surface area contributed by atoms with Crippen LogP contribution in [0, 0.1) is 5.92 Å². The number of likely N-dealkylation sites (tertiary alicyclic amines) is 1. The summed E-state index contributed by atoms with van der Waals surface area (Å²) < 4.78 is -0.0189. The van der Waals surface area contributed by atoms with E-state index >= 15 is 0 Å². The van der Waals surface area contributed by atoms with Gasteiger partial charge in [-0.25, -0.2) is 9.97 Å². The summed E-state index contributed by atoms with van der Waals surface area (Å²) in [7, 11) is 0. The second-order valence-electron chi connectivity index (χ2n) is 6.69. The first-order valence-corrected chi connectivity index (χ1v) is 9.15. The summed E-state index contributed by atoms with van der Waals surface area (Å²) in [4.78, 5) is 22.8. The van der Waals surface area contributed by atoms with E-state index < -0.39 is 0 Å². The zero-order valence-corrected chi connectivity index (χ0v) is 14.3. The van der Waals surface area contributed by atoms with E-state index in [-0.39, 0.29) is 10.7 Å². The van der Waals surface area contributed by atoms with Gasteiger partial charge in [-0.1, -0.05) is 0 Å². The molecule has 2 aliphatic rings. The van der Waals surface area contributed by atoms with Gasteiger partial charge in [0.15, 0.2) is 0 Å². The molecule has 1 amide bonds. The molecule has 0 atom stereocenters. The predicted molar refractivity (Wildman–Crippen MR) is 89.9 cm³/mol. The van der Waals surface area contributed by atoms with Crippen molar-refractivity contribution < 1.29 is 4.79 Å². The van der Waals surface area contributed by atoms with Gasteiger partial charge in [-0.15, -0.1) is 0 Å². The molecule has 2 fully saturated rings. The summed E-state index contributed by atoms with van der Waals surface area (Å²) in [6.45, 7) is 6.22. The molecule has 1 aromatic heterocycles. The number of amides is 1. The maximum atomic E-state index is 12.1. The van der Waals surface area contributed by atoms with E-state index in [0.717, 1.165) is 43.9 Å². The summed E-state index contributed by atoms with van der Waals surface area (Å²) in [6.07, 6.45) is 6.71. The number of nitrogens with one attached hydrogen (secondary N) is 1. The van der Waals surface area contributed by atoms with Crippen LogP contribution in [0.15, 0.2) is 12.4 Å². The molecule has 0 aromatic carbocycles. The topological polar surface area (TPSA) is 58.1 Å². The molecule has 2 heterocycles. The van der Waals surface area contributed by atoms with Crippen LogP contribution in [-0.2, 0) is 9.54 Å². The number of hydrogen-bond acceptors (Lipinski definition) is 5. The van der Waals surface area contributed by atoms with Crippen LogP contribution >= 0.6 is 11.8 Å². The van der Waals surface area contributed by atoms with Crippen molar-refractivity contribution in [2.75, 3.05) is 24.7 Å². The summed E-state index contributed by atoms with van der Waals surface area (Å²) >= 11 is 1.78. The number of hydrogen-bond donors (Lipinski definition) is 1. The van der Waals surface area contributed by atoms with E-state index in [9.17, 15) is 4.79 Å². The highest BCUT2D eigenvalue weighted by Crippen LogP contribution is 2.35. The first-order chi connectivity index (χ1) is 10.5. The molecule has 1 saturated heterocycles. The van der Waals surface area contributed by atoms with Crippen LogP contribution in [0.25, 0.3) is 0 Å². The minimum atomic E-state index is -0.0189. The Morgan fingerprint density at radius 3 is 2.68 bits per heavy atom. The molecule has 6 heteroatoms. The van der Waals surface area contributed by atoms with Crippen LogP contribution in [-0.4, -0.2) is 46.2 Å². The quantitative estimate of drug-likeness (QED) is 0.903. The van der Waals surface area contributed by atoms with Gasteiger partial charge in [0.05, 0.1) is 10.4 Å². The fourth-order valence-electron chi connectivity index (χ4n) is 2.81. The number of aromatic nitrogens is 2. The lowest BCUT2D eigenvalue weighted by atomic mass is 9.79. The van der Waals surface area contributed by atoms with Gasteiger partial charge in [0.2, 0.25) is 5.91 Å². The second-order valence-corrected chi connectivity index (χ2v) is 8.12. The van der Waals surface area contributed by atoms with Gasteiger partial charge in [0, 0.05) is 31.1 Å². The minimum absolute atomic E-state index is 0.0189. The summed E-state index contributed by atoms with van der Waals surface area (Å²) in [6, 6.07) is 2.39. The lowest BCUT2D eigenvalue weighted by Gasteiger charge is -2.41. The fourth-order valence-corrected chi connectivity index (χ4v) is 3.13. The Kier molecular flexibility index (Phi) is 4.30. The molecule has 1 saturated carbocycles. The number of thioether (sulfide) groups is 1. The Labute approximate surface area is 136 Å². The van der Waals surface area contributed by atoms with Gasteiger partial charge >= 0.3 is 0 Å². The first-order valence-electron chi connectivity index (χ1n) is 7.92. The highest BCUT2D eigenvalue weighted by molar-refractivity contribution is 7.99. The van der Waals surface area contributed by atoms with Crippen LogP contribution in [0.3, 0.4) is 0 Å². The largest absolute Gasteiger partial charge is 0.367 e. The second kappa shape index (κ2) is 6.07. The smallest absolute Gasteiger partial charge is 0.225 e. The summed E-state index contributed by atoms with van der Waals surface area (Å²) in [5, 5.41) is 3.44. The third-order valence-electron chi connectivity index (χ3n) is 4.80. The van der Waals surface area contributed by atoms with Gasteiger partial charge in [0.1, 0.15) is 12.1 Å². The highest BCUT2D eigenvalue weighted by atomic mass is 32.2. The number of carbonyl (C=O) groups excluding carboxylic acids is 1. The Bertz CT molecular complexity index is 553. The van der Waals surface area contributed by atoms with Gasteiger partial charge < -0.3 is 10.2 Å². The number of anilines is 1. The molecule has 1 aliphatic carbocycles. The average molecular weight is 320 g/mol. The maximum absolute atomic E-state index is 12.1. The lowest BCUT2D eigenvalue weighted by molar-refractivity contribution is -0.142. The third-order valence-corrected chi connectivity index (χ3v) is 6.03. The Hall–Kier alpha value is -1.30. The fraction of sp³-hybridized carbons (Fsp3) is 0.688. The lowest BCUT2D eigenvalue weighted by Crippen LogP contribution is -2.50. The van der Waals surface area contributed by atoms with Crippen molar-refractivity contribution in [2.45, 2.75) is 43.9 Å². The molecule has 0 unspecified atom stereocenters. The maximum Gasteiger partial charge on any atom is 0.225 e. The monoisotopic (exact) mass is 320 g/mol. The molecular weight excluding hydrogens is 296 g/mol. The molecule has 0 bridgehead atoms. The van der Waals surface area contributed by atoms with Crippen molar-refractivity contribution in [3.8, 4) is 0 Å². The molecule has 0 radical (unpaired) electrons. The number of nitrogens with zero attached hydrogens (tertiary/aromatic N) is 3. The molecule has 1 aliphatic heterocycles. The van der Waals surface area contributed by atoms with E-state index in [1.807, 2.05) is 11.0 Å². The van der Waals surface area contributed by atoms with Crippen molar-refractivity contribution in [1.29, 1.82) is 0 Å². The van der Waals surface area contributed by atoms with Gasteiger partial charge in [-0.2, -0.15) is 11.8 Å². The van der Waals surface area contributed by atoms with E-state index in [2.05, 4.69) is 35.4 Å². The highest BCUT2D eigenvalue weighted by Gasteiger charge is 2.38. The Morgan fingerprint density at radius 1 is 1.36 bits per heavy atom. The van der Waals surface area contributed by atoms with E-state index in [0.29, 0.717) is 11.9 Å². The molecule has 1 aromatic rings. The van der Waals surface area contributed by atoms with Crippen molar-refractivity contribution in [2.24, 2.45) is 5.92 Å². The standard InChI is InChI=1S/C16H24N4OS/c1-16(2,22-3)13-9-14(18-10-17-13)19-12-7-11(8-12)15(21)20-5-4-6-20/h9-12H,4-8H2,1-3H3,(H,17,18,19). The zero-order valence-electron chi connectivity index (χ0n) is 13.5. The molecule has 1 N–H and O–H groups in total. The van der Waals surface area contributed by atoms with Crippen LogP contribution in [0.1, 0.15) is 38.8 Å². The molecule has 120 valence electrons. The van der Waals surface area contributed by atoms with Crippen molar-refractivity contribution >= 4 is 23.5 Å². The Morgan fingerprint density at radius 2 is 2.09 bits per heavy atom.